The molecule has 1 unspecified atom stereocenters. The fourth-order valence-corrected chi connectivity index (χ4v) is 3.78. The molecule has 1 aliphatic rings. The molecule has 1 atom stereocenters. The number of anilines is 2. The molecule has 3 N–H and O–H groups in total. The molecule has 2 amide bonds. The normalized spacial score (nSPS) is 15.8. The van der Waals surface area contributed by atoms with Crippen molar-refractivity contribution in [3.8, 4) is 0 Å². The minimum Gasteiger partial charge on any atom is -0.463 e. The van der Waals surface area contributed by atoms with E-state index in [1.54, 1.807) is 24.9 Å². The maximum Gasteiger partial charge on any atom is 0.338 e. The number of carbonyl (C=O) groups is 2. The molecule has 0 aliphatic carbocycles. The number of nitrogens with one attached hydrogen (secondary N) is 3. The highest BCUT2D eigenvalue weighted by Crippen LogP contribution is 2.32. The van der Waals surface area contributed by atoms with E-state index in [1.807, 2.05) is 57.2 Å². The van der Waals surface area contributed by atoms with E-state index in [-0.39, 0.29) is 12.6 Å². The second kappa shape index (κ2) is 9.82. The number of esters is 1. The van der Waals surface area contributed by atoms with Gasteiger partial charge in [0.1, 0.15) is 0 Å². The zero-order valence-electron chi connectivity index (χ0n) is 18.9. The summed E-state index contributed by atoms with van der Waals surface area (Å²) >= 11 is 5.43. The molecule has 7 nitrogen and oxygen atoms in total. The molecule has 168 valence electrons. The van der Waals surface area contributed by atoms with Crippen LogP contribution in [0.3, 0.4) is 0 Å². The summed E-state index contributed by atoms with van der Waals surface area (Å²) < 4.78 is 5.28. The maximum atomic E-state index is 12.7. The molecule has 0 fully saturated rings. The Morgan fingerprint density at radius 2 is 1.84 bits per heavy atom. The van der Waals surface area contributed by atoms with Gasteiger partial charge in [0.2, 0.25) is 0 Å². The fourth-order valence-electron chi connectivity index (χ4n) is 3.53. The highest BCUT2D eigenvalue weighted by molar-refractivity contribution is 7.80. The van der Waals surface area contributed by atoms with E-state index < -0.39 is 12.0 Å². The first-order valence-electron chi connectivity index (χ1n) is 10.4. The van der Waals surface area contributed by atoms with Crippen LogP contribution in [-0.2, 0) is 9.53 Å². The first kappa shape index (κ1) is 23.3. The molecule has 1 heterocycles. The van der Waals surface area contributed by atoms with E-state index in [4.69, 9.17) is 17.0 Å². The number of hydrogen-bond donors (Lipinski definition) is 3. The quantitative estimate of drug-likeness (QED) is 0.453. The number of aryl methyl sites for hydroxylation is 1. The molecule has 3 rings (SSSR count). The first-order valence-corrected chi connectivity index (χ1v) is 10.8. The third-order valence-electron chi connectivity index (χ3n) is 5.58. The van der Waals surface area contributed by atoms with Gasteiger partial charge in [0.05, 0.1) is 18.2 Å². The lowest BCUT2D eigenvalue weighted by molar-refractivity contribution is -0.139. The average Bonchev–Trinajstić information content (AvgIpc) is 2.75. The molecule has 0 aromatic heterocycles. The van der Waals surface area contributed by atoms with Crippen LogP contribution in [0.4, 0.5) is 16.2 Å². The van der Waals surface area contributed by atoms with E-state index >= 15 is 0 Å². The monoisotopic (exact) mass is 452 g/mol. The smallest absolute Gasteiger partial charge is 0.338 e. The number of carbonyl (C=O) groups excluding carboxylic acids is 2. The first-order chi connectivity index (χ1) is 15.2. The molecule has 32 heavy (non-hydrogen) atoms. The Bertz CT molecular complexity index is 1100. The number of allylic oxidation sites excluding steroid dienone is 1. The number of nitrogens with zero attached hydrogens (tertiary/aromatic N) is 1. The molecule has 0 radical (unpaired) electrons. The summed E-state index contributed by atoms with van der Waals surface area (Å²) in [5, 5.41) is 9.46. The number of ether oxygens (including phenoxy) is 1. The largest absolute Gasteiger partial charge is 0.463 e. The molecule has 0 saturated carbocycles. The Labute approximate surface area is 193 Å². The number of rotatable bonds is 5. The molecule has 0 spiro atoms. The summed E-state index contributed by atoms with van der Waals surface area (Å²) in [5.41, 5.74) is 5.46. The van der Waals surface area contributed by atoms with Crippen LogP contribution in [0.25, 0.3) is 0 Å². The van der Waals surface area contributed by atoms with Gasteiger partial charge in [0.25, 0.3) is 0 Å². The van der Waals surface area contributed by atoms with Crippen LogP contribution in [0.5, 0.6) is 0 Å². The Morgan fingerprint density at radius 3 is 2.56 bits per heavy atom. The van der Waals surface area contributed by atoms with Gasteiger partial charge in [-0.15, -0.1) is 0 Å². The topological polar surface area (TPSA) is 82.7 Å². The van der Waals surface area contributed by atoms with E-state index in [1.165, 1.54) is 0 Å². The molecule has 8 heteroatoms. The Kier molecular flexibility index (Phi) is 7.15. The second-order valence-corrected chi connectivity index (χ2v) is 8.00. The fraction of sp³-hybridized carbons (Fsp3) is 0.292. The number of thiocarbonyl (C=S) groups is 1. The summed E-state index contributed by atoms with van der Waals surface area (Å²) in [6.07, 6.45) is 0. The molecule has 2 aromatic rings. The van der Waals surface area contributed by atoms with Crippen molar-refractivity contribution in [3.63, 3.8) is 0 Å². The minimum absolute atomic E-state index is 0.274. The van der Waals surface area contributed by atoms with Gasteiger partial charge in [0, 0.05) is 24.1 Å². The van der Waals surface area contributed by atoms with Crippen LogP contribution in [-0.4, -0.2) is 35.7 Å². The van der Waals surface area contributed by atoms with E-state index in [2.05, 4.69) is 16.0 Å². The zero-order valence-corrected chi connectivity index (χ0v) is 19.7. The minimum atomic E-state index is -0.485. The van der Waals surface area contributed by atoms with Crippen molar-refractivity contribution in [1.82, 2.24) is 10.2 Å². The number of hydrogen-bond acceptors (Lipinski definition) is 4. The number of urea groups is 1. The van der Waals surface area contributed by atoms with Gasteiger partial charge in [0.15, 0.2) is 5.11 Å². The molecular formula is C24H28N4O3S. The predicted molar refractivity (Wildman–Crippen MR) is 131 cm³/mol. The Hall–Kier alpha value is -3.39. The lowest BCUT2D eigenvalue weighted by Crippen LogP contribution is -2.46. The highest BCUT2D eigenvalue weighted by atomic mass is 32.1. The van der Waals surface area contributed by atoms with Crippen molar-refractivity contribution < 1.29 is 14.3 Å². The van der Waals surface area contributed by atoms with Crippen LogP contribution in [0, 0.1) is 13.8 Å². The van der Waals surface area contributed by atoms with Crippen LogP contribution in [0.15, 0.2) is 53.7 Å². The van der Waals surface area contributed by atoms with Crippen molar-refractivity contribution in [1.29, 1.82) is 0 Å². The van der Waals surface area contributed by atoms with Crippen LogP contribution >= 0.6 is 12.2 Å². The highest BCUT2D eigenvalue weighted by Gasteiger charge is 2.33. The summed E-state index contributed by atoms with van der Waals surface area (Å²) in [4.78, 5) is 27.0. The van der Waals surface area contributed by atoms with Gasteiger partial charge < -0.3 is 25.6 Å². The summed E-state index contributed by atoms with van der Waals surface area (Å²) in [7, 11) is 1.80. The van der Waals surface area contributed by atoms with Crippen LogP contribution < -0.4 is 16.0 Å². The van der Waals surface area contributed by atoms with Crippen LogP contribution in [0.1, 0.15) is 36.6 Å². The summed E-state index contributed by atoms with van der Waals surface area (Å²) in [5.74, 6) is -0.400. The van der Waals surface area contributed by atoms with E-state index in [0.717, 1.165) is 28.1 Å². The van der Waals surface area contributed by atoms with Crippen LogP contribution in [0.2, 0.25) is 0 Å². The van der Waals surface area contributed by atoms with Gasteiger partial charge in [-0.2, -0.15) is 0 Å². The lowest BCUT2D eigenvalue weighted by Gasteiger charge is -2.35. The third kappa shape index (κ3) is 4.91. The van der Waals surface area contributed by atoms with E-state index in [0.29, 0.717) is 16.4 Å². The molecule has 1 aliphatic heterocycles. The number of benzene rings is 2. The Morgan fingerprint density at radius 1 is 1.12 bits per heavy atom. The van der Waals surface area contributed by atoms with Crippen molar-refractivity contribution in [2.75, 3.05) is 24.3 Å². The lowest BCUT2D eigenvalue weighted by atomic mass is 9.95. The molecule has 0 saturated heterocycles. The standard InChI is InChI=1S/C24H28N4O3S/c1-6-31-22(29)20-16(4)28(5)24(32)27-21(20)17-10-8-11-18(13-17)25-23(30)26-19-12-7-9-14(2)15(19)3/h7-13,21H,6H2,1-5H3,(H,27,32)(H2,25,26,30). The van der Waals surface area contributed by atoms with Crippen molar-refractivity contribution in [2.45, 2.75) is 33.7 Å². The SMILES string of the molecule is CCOC(=O)C1=C(C)N(C)C(=S)NC1c1cccc(NC(=O)Nc2cccc(C)c2C)c1. The van der Waals surface area contributed by atoms with Gasteiger partial charge in [-0.05, 0) is 74.8 Å². The molecule has 2 aromatic carbocycles. The zero-order chi connectivity index (χ0) is 23.4. The summed E-state index contributed by atoms with van der Waals surface area (Å²) in [6.45, 7) is 7.85. The number of amides is 2. The van der Waals surface area contributed by atoms with Gasteiger partial charge in [-0.1, -0.05) is 24.3 Å². The summed E-state index contributed by atoms with van der Waals surface area (Å²) in [6, 6.07) is 12.2. The van der Waals surface area contributed by atoms with Crippen molar-refractivity contribution in [3.05, 3.63) is 70.4 Å². The van der Waals surface area contributed by atoms with E-state index in [9.17, 15) is 9.59 Å². The Balaban J connectivity index is 1.85. The van der Waals surface area contributed by atoms with Crippen molar-refractivity contribution in [2.24, 2.45) is 0 Å². The van der Waals surface area contributed by atoms with Gasteiger partial charge in [-0.3, -0.25) is 0 Å². The maximum absolute atomic E-state index is 12.7. The van der Waals surface area contributed by atoms with Crippen molar-refractivity contribution >= 4 is 40.7 Å². The molecule has 0 bridgehead atoms. The average molecular weight is 453 g/mol. The third-order valence-corrected chi connectivity index (χ3v) is 5.97. The second-order valence-electron chi connectivity index (χ2n) is 7.61. The molecular weight excluding hydrogens is 424 g/mol. The predicted octanol–water partition coefficient (Wildman–Crippen LogP) is 4.65. The van der Waals surface area contributed by atoms with Gasteiger partial charge in [-0.25, -0.2) is 9.59 Å². The van der Waals surface area contributed by atoms with Gasteiger partial charge >= 0.3 is 12.0 Å².